The minimum absolute atomic E-state index is 0.0671. The van der Waals surface area contributed by atoms with Crippen LogP contribution in [0.25, 0.3) is 21.9 Å². The van der Waals surface area contributed by atoms with E-state index < -0.39 is 47.4 Å². The third-order valence-electron chi connectivity index (χ3n) is 11.8. The second-order valence-electron chi connectivity index (χ2n) is 15.4. The number of benzene rings is 2. The Morgan fingerprint density at radius 1 is 0.947 bits per heavy atom. The summed E-state index contributed by atoms with van der Waals surface area (Å²) in [7, 11) is 1.71. The van der Waals surface area contributed by atoms with Crippen molar-refractivity contribution in [1.29, 1.82) is 0 Å². The van der Waals surface area contributed by atoms with Gasteiger partial charge < -0.3 is 10.2 Å². The van der Waals surface area contributed by atoms with Crippen LogP contribution in [0.3, 0.4) is 0 Å². The Bertz CT molecular complexity index is 2420. The number of carbonyl (C=O) groups is 3. The Hall–Kier alpha value is -5.45. The van der Waals surface area contributed by atoms with Gasteiger partial charge in [0.05, 0.1) is 28.3 Å². The second-order valence-corrected chi connectivity index (χ2v) is 15.4. The monoisotopic (exact) mass is 792 g/mol. The molecule has 8 rings (SSSR count). The van der Waals surface area contributed by atoms with E-state index in [1.165, 1.54) is 16.7 Å². The highest BCUT2D eigenvalue weighted by molar-refractivity contribution is 6.04. The minimum atomic E-state index is -4.77. The molecule has 2 saturated heterocycles. The summed E-state index contributed by atoms with van der Waals surface area (Å²) in [6, 6.07) is 10.8. The number of rotatable bonds is 8. The number of hydrogen-bond donors (Lipinski definition) is 2. The molecule has 3 fully saturated rings. The number of hydrogen-bond acceptors (Lipinski definition) is 7. The van der Waals surface area contributed by atoms with Gasteiger partial charge in [-0.15, -0.1) is 0 Å². The first-order chi connectivity index (χ1) is 27.2. The highest BCUT2D eigenvalue weighted by Gasteiger charge is 2.34. The van der Waals surface area contributed by atoms with Crippen molar-refractivity contribution in [2.75, 3.05) is 25.0 Å². The van der Waals surface area contributed by atoms with E-state index in [1.807, 2.05) is 12.1 Å². The molecule has 2 N–H and O–H groups in total. The summed E-state index contributed by atoms with van der Waals surface area (Å²) in [5.74, 6) is -0.983. The molecule has 1 atom stereocenters. The van der Waals surface area contributed by atoms with Gasteiger partial charge in [0.25, 0.3) is 12.3 Å². The molecular weight excluding hydrogens is 751 g/mol. The predicted molar refractivity (Wildman–Crippen MR) is 200 cm³/mol. The first-order valence-electron chi connectivity index (χ1n) is 19.2. The number of pyridine rings is 1. The molecule has 5 heterocycles. The molecule has 3 aromatic heterocycles. The Morgan fingerprint density at radius 2 is 1.70 bits per heavy atom. The van der Waals surface area contributed by atoms with Crippen molar-refractivity contribution in [3.8, 4) is 0 Å². The van der Waals surface area contributed by atoms with Crippen molar-refractivity contribution >= 4 is 45.3 Å². The molecule has 3 aliphatic rings. The maximum Gasteiger partial charge on any atom is 0.433 e. The Balaban J connectivity index is 0.869. The number of carbonyl (C=O) groups excluding carboxylic acids is 3. The van der Waals surface area contributed by atoms with Crippen molar-refractivity contribution < 1.29 is 36.3 Å². The quantitative estimate of drug-likeness (QED) is 0.129. The van der Waals surface area contributed by atoms with Gasteiger partial charge in [-0.25, -0.2) is 18.6 Å². The largest absolute Gasteiger partial charge is 0.433 e. The Kier molecular flexibility index (Phi) is 10.2. The van der Waals surface area contributed by atoms with Gasteiger partial charge in [-0.1, -0.05) is 12.1 Å². The summed E-state index contributed by atoms with van der Waals surface area (Å²) in [6.45, 7) is 2.86. The van der Waals surface area contributed by atoms with Crippen molar-refractivity contribution in [2.45, 2.75) is 82.0 Å². The molecule has 5 aromatic rings. The average molecular weight is 793 g/mol. The van der Waals surface area contributed by atoms with Crippen LogP contribution in [0.15, 0.2) is 59.5 Å². The lowest BCUT2D eigenvalue weighted by atomic mass is 9.84. The molecule has 2 aliphatic heterocycles. The summed E-state index contributed by atoms with van der Waals surface area (Å²) in [5, 5.41) is 9.80. The smallest absolute Gasteiger partial charge is 0.320 e. The van der Waals surface area contributed by atoms with Gasteiger partial charge in [-0.2, -0.15) is 18.3 Å². The third-order valence-corrected chi connectivity index (χ3v) is 11.8. The predicted octanol–water partition coefficient (Wildman–Crippen LogP) is 6.88. The number of nitrogens with zero attached hydrogens (tertiary/aromatic N) is 6. The van der Waals surface area contributed by atoms with Crippen LogP contribution in [-0.4, -0.2) is 66.2 Å². The molecule has 0 spiro atoms. The zero-order chi connectivity index (χ0) is 40.2. The van der Waals surface area contributed by atoms with Gasteiger partial charge in [0.1, 0.15) is 17.4 Å². The number of fused-ring (bicyclic) bond motifs is 2. The Labute approximate surface area is 323 Å². The summed E-state index contributed by atoms with van der Waals surface area (Å²) in [4.78, 5) is 56.1. The number of alkyl halides is 5. The van der Waals surface area contributed by atoms with E-state index in [1.54, 1.807) is 22.5 Å². The third kappa shape index (κ3) is 7.68. The normalized spacial score (nSPS) is 21.4. The average Bonchev–Trinajstić information content (AvgIpc) is 3.71. The standard InChI is InChI=1S/C40H41F5N8O4/c1-50-33-18-24(7-10-31(33)53(39(50)57)32-11-12-35(54)48-38(32)56)23-13-15-51(16-14-23)20-22-5-8-26(9-6-22)52-21-25-17-30(27(36(41)42)19-29(25)49-52)47-37(55)28-3-2-4-34(46-28)40(43,44)45/h2-4,7,10,17-19,21-23,26,32,36H,5-6,8-9,11-16,20H2,1H3,(H,47,55)(H,48,54,56). The molecule has 1 saturated carbocycles. The Morgan fingerprint density at radius 3 is 2.40 bits per heavy atom. The number of amides is 3. The van der Waals surface area contributed by atoms with Crippen LogP contribution >= 0.6 is 0 Å². The number of imidazole rings is 1. The van der Waals surface area contributed by atoms with E-state index >= 15 is 0 Å². The zero-order valence-corrected chi connectivity index (χ0v) is 31.1. The molecule has 2 aromatic carbocycles. The van der Waals surface area contributed by atoms with Crippen molar-refractivity contribution in [2.24, 2.45) is 13.0 Å². The zero-order valence-electron chi connectivity index (χ0n) is 31.1. The molecular formula is C40H41F5N8O4. The number of imide groups is 1. The molecule has 1 aliphatic carbocycles. The lowest BCUT2D eigenvalue weighted by Gasteiger charge is -2.36. The van der Waals surface area contributed by atoms with Crippen LogP contribution in [0, 0.1) is 5.92 Å². The molecule has 0 bridgehead atoms. The lowest BCUT2D eigenvalue weighted by molar-refractivity contribution is -0.141. The van der Waals surface area contributed by atoms with Crippen LogP contribution < -0.4 is 16.3 Å². The van der Waals surface area contributed by atoms with E-state index in [4.69, 9.17) is 0 Å². The van der Waals surface area contributed by atoms with E-state index in [0.29, 0.717) is 28.3 Å². The maximum absolute atomic E-state index is 14.1. The van der Waals surface area contributed by atoms with Crippen LogP contribution in [0.2, 0.25) is 0 Å². The van der Waals surface area contributed by atoms with Crippen LogP contribution in [-0.2, 0) is 22.8 Å². The van der Waals surface area contributed by atoms with E-state index in [0.717, 1.165) is 87.4 Å². The van der Waals surface area contributed by atoms with Crippen molar-refractivity contribution in [3.05, 3.63) is 87.7 Å². The molecule has 17 heteroatoms. The van der Waals surface area contributed by atoms with E-state index in [9.17, 15) is 41.1 Å². The fourth-order valence-corrected chi connectivity index (χ4v) is 8.76. The van der Waals surface area contributed by atoms with Crippen molar-refractivity contribution in [3.63, 3.8) is 0 Å². The number of halogens is 5. The van der Waals surface area contributed by atoms with Crippen LogP contribution in [0.4, 0.5) is 27.6 Å². The highest BCUT2D eigenvalue weighted by Crippen LogP contribution is 2.38. The highest BCUT2D eigenvalue weighted by atomic mass is 19.4. The molecule has 1 unspecified atom stereocenters. The van der Waals surface area contributed by atoms with Crippen LogP contribution in [0.5, 0.6) is 0 Å². The van der Waals surface area contributed by atoms with Gasteiger partial charge in [-0.3, -0.25) is 33.5 Å². The molecule has 12 nitrogen and oxygen atoms in total. The summed E-state index contributed by atoms with van der Waals surface area (Å²) < 4.78 is 72.5. The first-order valence-corrected chi connectivity index (χ1v) is 19.2. The SMILES string of the molecule is Cn1c(=O)n(C2CCC(=O)NC2=O)c2ccc(C3CCN(CC4CCC(n5cc6cc(NC(=O)c7cccc(C(F)(F)F)n7)c(C(F)F)cc6n5)CC4)CC3)cc21. The number of aromatic nitrogens is 5. The van der Waals surface area contributed by atoms with Gasteiger partial charge in [0.2, 0.25) is 11.8 Å². The minimum Gasteiger partial charge on any atom is -0.320 e. The molecule has 57 heavy (non-hydrogen) atoms. The number of anilines is 1. The number of aryl methyl sites for hydroxylation is 1. The number of likely N-dealkylation sites (tertiary alicyclic amines) is 1. The number of piperidine rings is 2. The van der Waals surface area contributed by atoms with E-state index in [-0.39, 0.29) is 36.2 Å². The van der Waals surface area contributed by atoms with Gasteiger partial charge in [-0.05, 0) is 112 Å². The van der Waals surface area contributed by atoms with Gasteiger partial charge in [0, 0.05) is 37.2 Å². The fourth-order valence-electron chi connectivity index (χ4n) is 8.76. The maximum atomic E-state index is 14.1. The molecule has 0 radical (unpaired) electrons. The van der Waals surface area contributed by atoms with Crippen molar-refractivity contribution in [1.82, 2.24) is 34.1 Å². The van der Waals surface area contributed by atoms with Gasteiger partial charge >= 0.3 is 11.9 Å². The van der Waals surface area contributed by atoms with Crippen LogP contribution in [0.1, 0.15) is 103 Å². The summed E-state index contributed by atoms with van der Waals surface area (Å²) >= 11 is 0. The molecule has 300 valence electrons. The first kappa shape index (κ1) is 38.4. The fraction of sp³-hybridized carbons (Fsp3) is 0.450. The molecule has 3 amide bonds. The summed E-state index contributed by atoms with van der Waals surface area (Å²) in [5.41, 5.74) is 0.137. The summed E-state index contributed by atoms with van der Waals surface area (Å²) in [6.07, 6.45) is 0.122. The lowest BCUT2D eigenvalue weighted by Crippen LogP contribution is -2.44. The second kappa shape index (κ2) is 15.1. The topological polar surface area (TPSA) is 136 Å². The number of nitrogens with one attached hydrogen (secondary N) is 2. The van der Waals surface area contributed by atoms with Gasteiger partial charge in [0.15, 0.2) is 0 Å². The van der Waals surface area contributed by atoms with E-state index in [2.05, 4.69) is 31.7 Å².